The molecule has 0 saturated carbocycles. The summed E-state index contributed by atoms with van der Waals surface area (Å²) in [4.78, 5) is 17.0. The summed E-state index contributed by atoms with van der Waals surface area (Å²) >= 11 is 0. The molecule has 1 heterocycles. The summed E-state index contributed by atoms with van der Waals surface area (Å²) < 4.78 is 12.9. The molecule has 0 unspecified atom stereocenters. The predicted molar refractivity (Wildman–Crippen MR) is 103 cm³/mol. The summed E-state index contributed by atoms with van der Waals surface area (Å²) in [7, 11) is 0. The zero-order valence-corrected chi connectivity index (χ0v) is 15.2. The second-order valence-corrected chi connectivity index (χ2v) is 6.70. The summed E-state index contributed by atoms with van der Waals surface area (Å²) in [5, 5.41) is 3.00. The first-order chi connectivity index (χ1) is 12.6. The third kappa shape index (κ3) is 4.82. The van der Waals surface area contributed by atoms with E-state index in [2.05, 4.69) is 39.4 Å². The van der Waals surface area contributed by atoms with Gasteiger partial charge < -0.3 is 10.2 Å². The SMILES string of the molecule is C[C@H](C(=O)NCCc1ccc(F)cc1)N1CCN(c2ccccc2)CC1. The predicted octanol–water partition coefficient (Wildman–Crippen LogP) is 2.70. The van der Waals surface area contributed by atoms with Crippen LogP contribution < -0.4 is 10.2 Å². The fraction of sp³-hybridized carbons (Fsp3) is 0.381. The van der Waals surface area contributed by atoms with Gasteiger partial charge in [0.25, 0.3) is 0 Å². The van der Waals surface area contributed by atoms with Gasteiger partial charge in [-0.1, -0.05) is 30.3 Å². The number of benzene rings is 2. The molecule has 1 atom stereocenters. The van der Waals surface area contributed by atoms with E-state index in [-0.39, 0.29) is 17.8 Å². The average Bonchev–Trinajstić information content (AvgIpc) is 2.69. The molecular formula is C21H26FN3O. The van der Waals surface area contributed by atoms with Crippen molar-refractivity contribution in [2.24, 2.45) is 0 Å². The van der Waals surface area contributed by atoms with Crippen molar-refractivity contribution in [1.29, 1.82) is 0 Å². The maximum absolute atomic E-state index is 12.9. The van der Waals surface area contributed by atoms with Crippen LogP contribution in [0, 0.1) is 5.82 Å². The van der Waals surface area contributed by atoms with E-state index in [1.807, 2.05) is 13.0 Å². The highest BCUT2D eigenvalue weighted by Crippen LogP contribution is 2.16. The molecule has 1 N–H and O–H groups in total. The third-order valence-corrected chi connectivity index (χ3v) is 4.99. The number of para-hydroxylation sites is 1. The van der Waals surface area contributed by atoms with Gasteiger partial charge in [0.2, 0.25) is 5.91 Å². The molecule has 1 aliphatic heterocycles. The first kappa shape index (κ1) is 18.4. The lowest BCUT2D eigenvalue weighted by Gasteiger charge is -2.38. The largest absolute Gasteiger partial charge is 0.369 e. The van der Waals surface area contributed by atoms with Crippen LogP contribution in [0.25, 0.3) is 0 Å². The maximum Gasteiger partial charge on any atom is 0.237 e. The molecule has 0 aliphatic carbocycles. The highest BCUT2D eigenvalue weighted by Gasteiger charge is 2.25. The Morgan fingerprint density at radius 1 is 1.04 bits per heavy atom. The molecule has 2 aromatic carbocycles. The van der Waals surface area contributed by atoms with Crippen LogP contribution in [0.4, 0.5) is 10.1 Å². The van der Waals surface area contributed by atoms with E-state index < -0.39 is 0 Å². The Hall–Kier alpha value is -2.40. The standard InChI is InChI=1S/C21H26FN3O/c1-17(21(26)23-12-11-18-7-9-19(22)10-8-18)24-13-15-25(16-14-24)20-5-3-2-4-6-20/h2-10,17H,11-16H2,1H3,(H,23,26)/t17-/m1/s1. The van der Waals surface area contributed by atoms with E-state index in [9.17, 15) is 9.18 Å². The molecule has 138 valence electrons. The molecule has 1 saturated heterocycles. The summed E-state index contributed by atoms with van der Waals surface area (Å²) in [5.74, 6) is -0.179. The number of amides is 1. The van der Waals surface area contributed by atoms with Gasteiger partial charge in [0, 0.05) is 38.4 Å². The molecule has 0 radical (unpaired) electrons. The van der Waals surface area contributed by atoms with Gasteiger partial charge in [-0.15, -0.1) is 0 Å². The Kier molecular flexibility index (Phi) is 6.23. The van der Waals surface area contributed by atoms with Crippen LogP contribution in [-0.4, -0.2) is 49.6 Å². The molecule has 0 bridgehead atoms. The van der Waals surface area contributed by atoms with E-state index in [0.717, 1.165) is 31.7 Å². The van der Waals surface area contributed by atoms with Gasteiger partial charge in [-0.25, -0.2) is 4.39 Å². The summed E-state index contributed by atoms with van der Waals surface area (Å²) in [6.07, 6.45) is 0.709. The van der Waals surface area contributed by atoms with E-state index in [0.29, 0.717) is 13.0 Å². The normalized spacial score (nSPS) is 16.3. The van der Waals surface area contributed by atoms with Crippen molar-refractivity contribution < 1.29 is 9.18 Å². The Morgan fingerprint density at radius 2 is 1.69 bits per heavy atom. The monoisotopic (exact) mass is 355 g/mol. The summed E-state index contributed by atoms with van der Waals surface area (Å²) in [5.41, 5.74) is 2.26. The minimum absolute atomic E-state index is 0.0558. The molecule has 0 spiro atoms. The van der Waals surface area contributed by atoms with E-state index in [1.54, 1.807) is 12.1 Å². The Bertz CT molecular complexity index is 697. The number of halogens is 1. The molecule has 5 heteroatoms. The van der Waals surface area contributed by atoms with Crippen molar-refractivity contribution in [2.75, 3.05) is 37.6 Å². The number of nitrogens with one attached hydrogen (secondary N) is 1. The molecule has 4 nitrogen and oxygen atoms in total. The second-order valence-electron chi connectivity index (χ2n) is 6.70. The van der Waals surface area contributed by atoms with Gasteiger partial charge in [0.05, 0.1) is 6.04 Å². The van der Waals surface area contributed by atoms with Crippen molar-refractivity contribution in [1.82, 2.24) is 10.2 Å². The minimum Gasteiger partial charge on any atom is -0.369 e. The number of nitrogens with zero attached hydrogens (tertiary/aromatic N) is 2. The van der Waals surface area contributed by atoms with E-state index in [1.165, 1.54) is 17.8 Å². The van der Waals surface area contributed by atoms with Crippen LogP contribution in [0.2, 0.25) is 0 Å². The van der Waals surface area contributed by atoms with Crippen LogP contribution in [0.15, 0.2) is 54.6 Å². The fourth-order valence-corrected chi connectivity index (χ4v) is 3.30. The zero-order valence-electron chi connectivity index (χ0n) is 15.2. The summed E-state index contributed by atoms with van der Waals surface area (Å²) in [6.45, 7) is 6.14. The lowest BCUT2D eigenvalue weighted by Crippen LogP contribution is -2.54. The molecule has 0 aromatic heterocycles. The van der Waals surface area contributed by atoms with Crippen LogP contribution in [0.5, 0.6) is 0 Å². The molecule has 1 fully saturated rings. The van der Waals surface area contributed by atoms with E-state index in [4.69, 9.17) is 0 Å². The smallest absolute Gasteiger partial charge is 0.237 e. The van der Waals surface area contributed by atoms with Crippen LogP contribution >= 0.6 is 0 Å². The molecular weight excluding hydrogens is 329 g/mol. The topological polar surface area (TPSA) is 35.6 Å². The maximum atomic E-state index is 12.9. The molecule has 3 rings (SSSR count). The number of rotatable bonds is 6. The van der Waals surface area contributed by atoms with Gasteiger partial charge in [0.15, 0.2) is 0 Å². The number of carbonyl (C=O) groups excluding carboxylic acids is 1. The lowest BCUT2D eigenvalue weighted by atomic mass is 10.1. The van der Waals surface area contributed by atoms with Gasteiger partial charge in [0.1, 0.15) is 5.82 Å². The van der Waals surface area contributed by atoms with Crippen molar-refractivity contribution in [3.63, 3.8) is 0 Å². The number of carbonyl (C=O) groups is 1. The Balaban J connectivity index is 1.42. The number of hydrogen-bond donors (Lipinski definition) is 1. The van der Waals surface area contributed by atoms with Crippen LogP contribution in [-0.2, 0) is 11.2 Å². The second kappa shape index (κ2) is 8.81. The number of hydrogen-bond acceptors (Lipinski definition) is 3. The first-order valence-electron chi connectivity index (χ1n) is 9.20. The summed E-state index contributed by atoms with van der Waals surface area (Å²) in [6, 6.07) is 16.7. The lowest BCUT2D eigenvalue weighted by molar-refractivity contribution is -0.125. The minimum atomic E-state index is -0.235. The average molecular weight is 355 g/mol. The third-order valence-electron chi connectivity index (χ3n) is 4.99. The first-order valence-corrected chi connectivity index (χ1v) is 9.20. The number of anilines is 1. The van der Waals surface area contributed by atoms with Gasteiger partial charge in [-0.3, -0.25) is 9.69 Å². The van der Waals surface area contributed by atoms with Crippen molar-refractivity contribution in [3.05, 3.63) is 66.0 Å². The van der Waals surface area contributed by atoms with Gasteiger partial charge in [-0.05, 0) is 43.2 Å². The molecule has 26 heavy (non-hydrogen) atoms. The fourth-order valence-electron chi connectivity index (χ4n) is 3.30. The number of piperazine rings is 1. The zero-order chi connectivity index (χ0) is 18.4. The Labute approximate surface area is 154 Å². The van der Waals surface area contributed by atoms with Crippen LogP contribution in [0.1, 0.15) is 12.5 Å². The highest BCUT2D eigenvalue weighted by atomic mass is 19.1. The van der Waals surface area contributed by atoms with Gasteiger partial charge >= 0.3 is 0 Å². The van der Waals surface area contributed by atoms with Crippen LogP contribution in [0.3, 0.4) is 0 Å². The quantitative estimate of drug-likeness (QED) is 0.865. The van der Waals surface area contributed by atoms with Crippen molar-refractivity contribution >= 4 is 11.6 Å². The van der Waals surface area contributed by atoms with Crippen molar-refractivity contribution in [2.45, 2.75) is 19.4 Å². The van der Waals surface area contributed by atoms with Gasteiger partial charge in [-0.2, -0.15) is 0 Å². The van der Waals surface area contributed by atoms with Crippen molar-refractivity contribution in [3.8, 4) is 0 Å². The Morgan fingerprint density at radius 3 is 2.35 bits per heavy atom. The highest BCUT2D eigenvalue weighted by molar-refractivity contribution is 5.81. The molecule has 2 aromatic rings. The molecule has 1 aliphatic rings. The molecule has 1 amide bonds. The van der Waals surface area contributed by atoms with E-state index >= 15 is 0 Å².